The predicted molar refractivity (Wildman–Crippen MR) is 64.5 cm³/mol. The maximum atomic E-state index is 11.6. The van der Waals surface area contributed by atoms with Gasteiger partial charge in [0.2, 0.25) is 0 Å². The van der Waals surface area contributed by atoms with Gasteiger partial charge in [-0.3, -0.25) is 4.79 Å². The lowest BCUT2D eigenvalue weighted by molar-refractivity contribution is 0.0956. The average molecular weight is 222 g/mol. The Morgan fingerprint density at radius 3 is 3.13 bits per heavy atom. The Morgan fingerprint density at radius 2 is 2.40 bits per heavy atom. The van der Waals surface area contributed by atoms with Crippen LogP contribution in [0.2, 0.25) is 0 Å². The molecule has 0 unspecified atom stereocenters. The maximum absolute atomic E-state index is 11.6. The quantitative estimate of drug-likeness (QED) is 0.848. The second-order valence-electron chi connectivity index (χ2n) is 3.27. The molecule has 1 heterocycles. The Kier molecular flexibility index (Phi) is 2.68. The van der Waals surface area contributed by atoms with Crippen molar-refractivity contribution in [2.24, 2.45) is 0 Å². The first-order valence-corrected chi connectivity index (χ1v) is 5.67. The van der Waals surface area contributed by atoms with Gasteiger partial charge >= 0.3 is 0 Å². The first-order valence-electron chi connectivity index (χ1n) is 4.86. The number of fused-ring (bicyclic) bond motifs is 1. The van der Waals surface area contributed by atoms with Gasteiger partial charge in [0.05, 0.1) is 15.2 Å². The molecule has 0 radical (unpaired) electrons. The highest BCUT2D eigenvalue weighted by atomic mass is 32.1. The van der Waals surface area contributed by atoms with Crippen LogP contribution in [0.5, 0.6) is 0 Å². The number of carbonyl (C=O) groups excluding carboxylic acids is 1. The number of hydrogen-bond donors (Lipinski definition) is 1. The second kappa shape index (κ2) is 3.98. The van der Waals surface area contributed by atoms with Gasteiger partial charge in [-0.25, -0.2) is 4.98 Å². The van der Waals surface area contributed by atoms with Crippen molar-refractivity contribution in [3.63, 3.8) is 0 Å². The van der Waals surface area contributed by atoms with Gasteiger partial charge in [0.25, 0.3) is 5.91 Å². The Balaban J connectivity index is 0.00000128. The molecule has 0 aliphatic heterocycles. The molecule has 0 aliphatic carbocycles. The number of rotatable bonds is 2. The fourth-order valence-electron chi connectivity index (χ4n) is 1.44. The van der Waals surface area contributed by atoms with Gasteiger partial charge in [-0.15, -0.1) is 11.3 Å². The predicted octanol–water partition coefficient (Wildman–Crippen LogP) is 2.60. The minimum atomic E-state index is -0.0227. The van der Waals surface area contributed by atoms with Gasteiger partial charge in [-0.05, 0) is 32.0 Å². The number of nitrogens with one attached hydrogen (secondary N) is 1. The van der Waals surface area contributed by atoms with Crippen LogP contribution in [0, 0.1) is 6.92 Å². The molecular formula is C11H14N2OS. The third kappa shape index (κ3) is 1.99. The summed E-state index contributed by atoms with van der Waals surface area (Å²) in [4.78, 5) is 15.9. The topological polar surface area (TPSA) is 42.0 Å². The third-order valence-corrected chi connectivity index (χ3v) is 3.03. The van der Waals surface area contributed by atoms with Crippen molar-refractivity contribution in [1.29, 1.82) is 0 Å². The Bertz CT molecular complexity index is 510. The van der Waals surface area contributed by atoms with Crippen molar-refractivity contribution in [3.8, 4) is 0 Å². The molecule has 4 heteroatoms. The van der Waals surface area contributed by atoms with Crippen LogP contribution < -0.4 is 5.32 Å². The lowest BCUT2D eigenvalue weighted by Gasteiger charge is -2.00. The maximum Gasteiger partial charge on any atom is 0.251 e. The Morgan fingerprint density at radius 1 is 1.60 bits per heavy atom. The number of aromatic nitrogens is 1. The van der Waals surface area contributed by atoms with Crippen molar-refractivity contribution in [2.45, 2.75) is 13.8 Å². The van der Waals surface area contributed by atoms with Crippen LogP contribution in [-0.4, -0.2) is 17.4 Å². The number of thiazole rings is 1. The number of nitrogens with zero attached hydrogens (tertiary/aromatic N) is 1. The normalized spacial score (nSPS) is 10.5. The largest absolute Gasteiger partial charge is 0.352 e. The van der Waals surface area contributed by atoms with E-state index in [0.29, 0.717) is 12.1 Å². The molecule has 80 valence electrons. The van der Waals surface area contributed by atoms with Crippen LogP contribution in [0.15, 0.2) is 18.2 Å². The Labute approximate surface area is 93.6 Å². The molecule has 0 spiro atoms. The SMILES string of the molecule is CCNC(=O)c1ccc2nc(C)sc2c1.[HH]. The molecule has 2 rings (SSSR count). The minimum absolute atomic E-state index is 0. The van der Waals surface area contributed by atoms with Crippen molar-refractivity contribution in [2.75, 3.05) is 6.54 Å². The van der Waals surface area contributed by atoms with E-state index in [1.165, 1.54) is 0 Å². The fourth-order valence-corrected chi connectivity index (χ4v) is 2.31. The van der Waals surface area contributed by atoms with Crippen LogP contribution in [0.3, 0.4) is 0 Å². The van der Waals surface area contributed by atoms with E-state index in [4.69, 9.17) is 0 Å². The van der Waals surface area contributed by atoms with Crippen LogP contribution in [0.4, 0.5) is 0 Å². The first-order chi connectivity index (χ1) is 7.20. The van der Waals surface area contributed by atoms with Gasteiger partial charge in [0.15, 0.2) is 0 Å². The van der Waals surface area contributed by atoms with E-state index in [0.717, 1.165) is 15.2 Å². The highest BCUT2D eigenvalue weighted by Crippen LogP contribution is 2.22. The van der Waals surface area contributed by atoms with Gasteiger partial charge in [0, 0.05) is 13.5 Å². The molecule has 0 saturated heterocycles. The summed E-state index contributed by atoms with van der Waals surface area (Å²) in [5.74, 6) is -0.0227. The summed E-state index contributed by atoms with van der Waals surface area (Å²) in [5.41, 5.74) is 1.67. The molecule has 0 saturated carbocycles. The fraction of sp³-hybridized carbons (Fsp3) is 0.273. The summed E-state index contributed by atoms with van der Waals surface area (Å²) in [6, 6.07) is 5.60. The van der Waals surface area contributed by atoms with E-state index in [9.17, 15) is 4.79 Å². The van der Waals surface area contributed by atoms with E-state index in [1.807, 2.05) is 32.0 Å². The van der Waals surface area contributed by atoms with Crippen LogP contribution in [-0.2, 0) is 0 Å². The first kappa shape index (κ1) is 10.1. The van der Waals surface area contributed by atoms with Crippen molar-refractivity contribution in [1.82, 2.24) is 10.3 Å². The number of hydrogen-bond acceptors (Lipinski definition) is 3. The van der Waals surface area contributed by atoms with Crippen molar-refractivity contribution in [3.05, 3.63) is 28.8 Å². The molecular weight excluding hydrogens is 208 g/mol. The van der Waals surface area contributed by atoms with E-state index >= 15 is 0 Å². The molecule has 0 bridgehead atoms. The monoisotopic (exact) mass is 222 g/mol. The smallest absolute Gasteiger partial charge is 0.251 e. The zero-order valence-electron chi connectivity index (χ0n) is 8.70. The lowest BCUT2D eigenvalue weighted by atomic mass is 10.2. The summed E-state index contributed by atoms with van der Waals surface area (Å²) in [5, 5.41) is 3.80. The summed E-state index contributed by atoms with van der Waals surface area (Å²) >= 11 is 1.61. The molecule has 0 aliphatic rings. The molecule has 0 fully saturated rings. The van der Waals surface area contributed by atoms with Gasteiger partial charge in [-0.2, -0.15) is 0 Å². The highest BCUT2D eigenvalue weighted by Gasteiger charge is 2.06. The zero-order chi connectivity index (χ0) is 10.8. The molecule has 1 amide bonds. The standard InChI is InChI=1S/C11H12N2OS.H2/c1-3-12-11(14)8-4-5-9-10(6-8)15-7(2)13-9;/h4-6H,3H2,1-2H3,(H,12,14);1H. The van der Waals surface area contributed by atoms with E-state index < -0.39 is 0 Å². The van der Waals surface area contributed by atoms with Crippen LogP contribution >= 0.6 is 11.3 Å². The van der Waals surface area contributed by atoms with Crippen LogP contribution in [0.1, 0.15) is 23.7 Å². The molecule has 1 aromatic carbocycles. The summed E-state index contributed by atoms with van der Waals surface area (Å²) in [7, 11) is 0. The average Bonchev–Trinajstić information content (AvgIpc) is 2.57. The Hall–Kier alpha value is -1.42. The van der Waals surface area contributed by atoms with Gasteiger partial charge < -0.3 is 5.32 Å². The molecule has 15 heavy (non-hydrogen) atoms. The second-order valence-corrected chi connectivity index (χ2v) is 4.51. The van der Waals surface area contributed by atoms with E-state index in [1.54, 1.807) is 11.3 Å². The lowest BCUT2D eigenvalue weighted by Crippen LogP contribution is -2.22. The number of benzene rings is 1. The summed E-state index contributed by atoms with van der Waals surface area (Å²) in [6.45, 7) is 4.53. The number of aryl methyl sites for hydroxylation is 1. The number of amides is 1. The van der Waals surface area contributed by atoms with E-state index in [2.05, 4.69) is 10.3 Å². The summed E-state index contributed by atoms with van der Waals surface area (Å²) < 4.78 is 1.07. The molecule has 1 aromatic heterocycles. The third-order valence-electron chi connectivity index (χ3n) is 2.09. The summed E-state index contributed by atoms with van der Waals surface area (Å²) in [6.07, 6.45) is 0. The molecule has 1 N–H and O–H groups in total. The van der Waals surface area contributed by atoms with Crippen molar-refractivity contribution < 1.29 is 6.22 Å². The number of carbonyl (C=O) groups is 1. The van der Waals surface area contributed by atoms with Gasteiger partial charge in [-0.1, -0.05) is 0 Å². The highest BCUT2D eigenvalue weighted by molar-refractivity contribution is 7.18. The van der Waals surface area contributed by atoms with E-state index in [-0.39, 0.29) is 7.33 Å². The van der Waals surface area contributed by atoms with Crippen molar-refractivity contribution >= 4 is 27.5 Å². The molecule has 3 nitrogen and oxygen atoms in total. The molecule has 0 atom stereocenters. The van der Waals surface area contributed by atoms with Crippen LogP contribution in [0.25, 0.3) is 10.2 Å². The van der Waals surface area contributed by atoms with Gasteiger partial charge in [0.1, 0.15) is 0 Å². The molecule has 2 aromatic rings. The zero-order valence-corrected chi connectivity index (χ0v) is 9.52. The minimum Gasteiger partial charge on any atom is -0.352 e.